The molecule has 1 N–H and O–H groups in total. The molecule has 0 atom stereocenters. The highest BCUT2D eigenvalue weighted by atomic mass is 15.2. The first-order valence-electron chi connectivity index (χ1n) is 6.12. The SMILES string of the molecule is Cc1ccc(CCN2CCNCC2)nc1C. The molecular formula is C13H21N3. The first kappa shape index (κ1) is 11.6. The van der Waals surface area contributed by atoms with E-state index in [0.717, 1.165) is 31.7 Å². The number of nitrogens with one attached hydrogen (secondary N) is 1. The van der Waals surface area contributed by atoms with Crippen molar-refractivity contribution in [3.63, 3.8) is 0 Å². The van der Waals surface area contributed by atoms with Crippen LogP contribution in [-0.4, -0.2) is 42.6 Å². The number of hydrogen-bond donors (Lipinski definition) is 1. The van der Waals surface area contributed by atoms with Crippen molar-refractivity contribution in [2.24, 2.45) is 0 Å². The Bertz CT molecular complexity index is 343. The van der Waals surface area contributed by atoms with Gasteiger partial charge in [0.15, 0.2) is 0 Å². The quantitative estimate of drug-likeness (QED) is 0.826. The van der Waals surface area contributed by atoms with E-state index in [0.29, 0.717) is 0 Å². The normalized spacial score (nSPS) is 17.6. The molecule has 0 aliphatic carbocycles. The highest BCUT2D eigenvalue weighted by molar-refractivity contribution is 5.20. The lowest BCUT2D eigenvalue weighted by atomic mass is 10.2. The second-order valence-corrected chi connectivity index (χ2v) is 4.55. The van der Waals surface area contributed by atoms with Crippen molar-refractivity contribution in [2.45, 2.75) is 20.3 Å². The maximum atomic E-state index is 4.61. The van der Waals surface area contributed by atoms with Gasteiger partial charge in [-0.2, -0.15) is 0 Å². The molecule has 0 radical (unpaired) electrons. The predicted octanol–water partition coefficient (Wildman–Crippen LogP) is 1.15. The zero-order valence-corrected chi connectivity index (χ0v) is 10.3. The molecule has 2 rings (SSSR count). The van der Waals surface area contributed by atoms with Gasteiger partial charge in [-0.3, -0.25) is 4.98 Å². The number of hydrogen-bond acceptors (Lipinski definition) is 3. The maximum Gasteiger partial charge on any atom is 0.0419 e. The van der Waals surface area contributed by atoms with Gasteiger partial charge in [0.25, 0.3) is 0 Å². The van der Waals surface area contributed by atoms with Crippen molar-refractivity contribution < 1.29 is 0 Å². The van der Waals surface area contributed by atoms with Crippen LogP contribution in [0.3, 0.4) is 0 Å². The lowest BCUT2D eigenvalue weighted by Gasteiger charge is -2.26. The van der Waals surface area contributed by atoms with Gasteiger partial charge in [-0.15, -0.1) is 0 Å². The molecule has 0 saturated carbocycles. The topological polar surface area (TPSA) is 28.2 Å². The van der Waals surface area contributed by atoms with Gasteiger partial charge in [-0.25, -0.2) is 0 Å². The highest BCUT2D eigenvalue weighted by Gasteiger charge is 2.09. The summed E-state index contributed by atoms with van der Waals surface area (Å²) in [7, 11) is 0. The predicted molar refractivity (Wildman–Crippen MR) is 66.7 cm³/mol. The third-order valence-electron chi connectivity index (χ3n) is 3.30. The number of aromatic nitrogens is 1. The molecule has 16 heavy (non-hydrogen) atoms. The van der Waals surface area contributed by atoms with E-state index in [9.17, 15) is 0 Å². The van der Waals surface area contributed by atoms with E-state index >= 15 is 0 Å². The van der Waals surface area contributed by atoms with Crippen LogP contribution in [0.1, 0.15) is 17.0 Å². The van der Waals surface area contributed by atoms with Gasteiger partial charge in [0.1, 0.15) is 0 Å². The van der Waals surface area contributed by atoms with E-state index < -0.39 is 0 Å². The molecule has 0 amide bonds. The molecule has 3 heteroatoms. The first-order chi connectivity index (χ1) is 7.75. The summed E-state index contributed by atoms with van der Waals surface area (Å²) in [6, 6.07) is 4.33. The van der Waals surface area contributed by atoms with Gasteiger partial charge in [-0.05, 0) is 25.5 Å². The third-order valence-corrected chi connectivity index (χ3v) is 3.30. The molecule has 1 aromatic rings. The average molecular weight is 219 g/mol. The Morgan fingerprint density at radius 3 is 2.69 bits per heavy atom. The Morgan fingerprint density at radius 1 is 1.25 bits per heavy atom. The second kappa shape index (κ2) is 5.41. The standard InChI is InChI=1S/C13H21N3/c1-11-3-4-13(15-12(11)2)5-8-16-9-6-14-7-10-16/h3-4,14H,5-10H2,1-2H3. The fourth-order valence-electron chi connectivity index (χ4n) is 2.03. The summed E-state index contributed by atoms with van der Waals surface area (Å²) in [6.07, 6.45) is 1.07. The van der Waals surface area contributed by atoms with Crippen molar-refractivity contribution in [3.8, 4) is 0 Å². The molecule has 3 nitrogen and oxygen atoms in total. The lowest BCUT2D eigenvalue weighted by molar-refractivity contribution is 0.243. The summed E-state index contributed by atoms with van der Waals surface area (Å²) < 4.78 is 0. The Balaban J connectivity index is 1.86. The van der Waals surface area contributed by atoms with E-state index in [1.165, 1.54) is 24.3 Å². The van der Waals surface area contributed by atoms with Crippen molar-refractivity contribution in [3.05, 3.63) is 29.1 Å². The monoisotopic (exact) mass is 219 g/mol. The molecule has 1 fully saturated rings. The molecular weight excluding hydrogens is 198 g/mol. The molecule has 0 spiro atoms. The van der Waals surface area contributed by atoms with E-state index in [2.05, 4.69) is 41.2 Å². The van der Waals surface area contributed by atoms with Crippen LogP contribution in [0.25, 0.3) is 0 Å². The summed E-state index contributed by atoms with van der Waals surface area (Å²) in [5.41, 5.74) is 3.67. The highest BCUT2D eigenvalue weighted by Crippen LogP contribution is 2.06. The summed E-state index contributed by atoms with van der Waals surface area (Å²) >= 11 is 0. The summed E-state index contributed by atoms with van der Waals surface area (Å²) in [5.74, 6) is 0. The van der Waals surface area contributed by atoms with E-state index in [1.807, 2.05) is 0 Å². The van der Waals surface area contributed by atoms with E-state index in [4.69, 9.17) is 0 Å². The molecule has 1 aromatic heterocycles. The summed E-state index contributed by atoms with van der Waals surface area (Å²) in [6.45, 7) is 9.93. The molecule has 0 aromatic carbocycles. The minimum Gasteiger partial charge on any atom is -0.314 e. The Hall–Kier alpha value is -0.930. The molecule has 1 saturated heterocycles. The fourth-order valence-corrected chi connectivity index (χ4v) is 2.03. The molecule has 88 valence electrons. The molecule has 0 unspecified atom stereocenters. The van der Waals surface area contributed by atoms with Crippen LogP contribution in [0.4, 0.5) is 0 Å². The number of piperazine rings is 1. The van der Waals surface area contributed by atoms with Gasteiger partial charge < -0.3 is 10.2 Å². The van der Waals surface area contributed by atoms with Crippen molar-refractivity contribution in [1.82, 2.24) is 15.2 Å². The number of rotatable bonds is 3. The van der Waals surface area contributed by atoms with Gasteiger partial charge in [0.2, 0.25) is 0 Å². The molecule has 1 aliphatic heterocycles. The zero-order chi connectivity index (χ0) is 11.4. The van der Waals surface area contributed by atoms with Crippen LogP contribution < -0.4 is 5.32 Å². The molecule has 0 bridgehead atoms. The minimum absolute atomic E-state index is 1.07. The smallest absolute Gasteiger partial charge is 0.0419 e. The number of pyridine rings is 1. The van der Waals surface area contributed by atoms with Crippen LogP contribution in [0.2, 0.25) is 0 Å². The molecule has 2 heterocycles. The number of aryl methyl sites for hydroxylation is 2. The zero-order valence-electron chi connectivity index (χ0n) is 10.3. The van der Waals surface area contributed by atoms with Crippen LogP contribution in [0.5, 0.6) is 0 Å². The van der Waals surface area contributed by atoms with E-state index in [1.54, 1.807) is 0 Å². The first-order valence-corrected chi connectivity index (χ1v) is 6.12. The van der Waals surface area contributed by atoms with Crippen molar-refractivity contribution in [1.29, 1.82) is 0 Å². The third kappa shape index (κ3) is 3.03. The van der Waals surface area contributed by atoms with Crippen molar-refractivity contribution >= 4 is 0 Å². The number of nitrogens with zero attached hydrogens (tertiary/aromatic N) is 2. The van der Waals surface area contributed by atoms with Gasteiger partial charge in [0.05, 0.1) is 0 Å². The summed E-state index contributed by atoms with van der Waals surface area (Å²) in [5, 5.41) is 3.37. The minimum atomic E-state index is 1.07. The Kier molecular flexibility index (Phi) is 3.91. The van der Waals surface area contributed by atoms with Crippen molar-refractivity contribution in [2.75, 3.05) is 32.7 Å². The fraction of sp³-hybridized carbons (Fsp3) is 0.615. The average Bonchev–Trinajstić information content (AvgIpc) is 2.32. The van der Waals surface area contributed by atoms with Gasteiger partial charge in [0, 0.05) is 50.5 Å². The largest absolute Gasteiger partial charge is 0.314 e. The van der Waals surface area contributed by atoms with Crippen LogP contribution in [0.15, 0.2) is 12.1 Å². The lowest BCUT2D eigenvalue weighted by Crippen LogP contribution is -2.44. The summed E-state index contributed by atoms with van der Waals surface area (Å²) in [4.78, 5) is 7.12. The maximum absolute atomic E-state index is 4.61. The van der Waals surface area contributed by atoms with Gasteiger partial charge >= 0.3 is 0 Å². The second-order valence-electron chi connectivity index (χ2n) is 4.55. The Labute approximate surface area is 97.9 Å². The molecule has 1 aliphatic rings. The van der Waals surface area contributed by atoms with Gasteiger partial charge in [-0.1, -0.05) is 6.07 Å². The van der Waals surface area contributed by atoms with E-state index in [-0.39, 0.29) is 0 Å². The van der Waals surface area contributed by atoms with Crippen LogP contribution in [-0.2, 0) is 6.42 Å². The Morgan fingerprint density at radius 2 is 2.00 bits per heavy atom. The van der Waals surface area contributed by atoms with Crippen LogP contribution >= 0.6 is 0 Å². The van der Waals surface area contributed by atoms with Crippen LogP contribution in [0, 0.1) is 13.8 Å².